The second kappa shape index (κ2) is 6.90. The molecule has 27 heavy (non-hydrogen) atoms. The Bertz CT molecular complexity index is 947. The van der Waals surface area contributed by atoms with Gasteiger partial charge >= 0.3 is 0 Å². The van der Waals surface area contributed by atoms with Crippen LogP contribution < -0.4 is 10.4 Å². The third-order valence-corrected chi connectivity index (χ3v) is 5.96. The average molecular weight is 375 g/mol. The maximum absolute atomic E-state index is 3.65. The summed E-state index contributed by atoms with van der Waals surface area (Å²) in [6, 6.07) is 22.1. The number of nitrogens with one attached hydrogen (secondary N) is 1. The van der Waals surface area contributed by atoms with Gasteiger partial charge in [-0.3, -0.25) is 10.4 Å². The molecule has 0 fully saturated rings. The molecule has 2 aromatic carbocycles. The van der Waals surface area contributed by atoms with Crippen molar-refractivity contribution in [2.75, 3.05) is 5.01 Å². The van der Waals surface area contributed by atoms with E-state index in [1.165, 1.54) is 27.3 Å². The Labute approximate surface area is 166 Å². The first kappa shape index (κ1) is 17.9. The standard InChI is InChI=1S/C24H26N2S/c1-17-7-5-8-20(15-17)26-22(23-9-6-14-27-23)16-21(25-26)18-10-12-19(13-11-18)24(2,3)4/h5-16,22,25H,1-4H3. The first-order valence-electron chi connectivity index (χ1n) is 9.40. The van der Waals surface area contributed by atoms with Gasteiger partial charge in [-0.05, 0) is 58.7 Å². The fourth-order valence-electron chi connectivity index (χ4n) is 3.45. The quantitative estimate of drug-likeness (QED) is 0.566. The molecule has 0 spiro atoms. The highest BCUT2D eigenvalue weighted by atomic mass is 32.1. The number of hydrazine groups is 1. The number of benzene rings is 2. The van der Waals surface area contributed by atoms with Gasteiger partial charge in [0, 0.05) is 4.88 Å². The monoisotopic (exact) mass is 374 g/mol. The maximum atomic E-state index is 3.65. The molecule has 4 rings (SSSR count). The Balaban J connectivity index is 1.69. The zero-order valence-corrected chi connectivity index (χ0v) is 17.2. The van der Waals surface area contributed by atoms with E-state index in [2.05, 4.69) is 110 Å². The number of aryl methyl sites for hydroxylation is 1. The molecule has 0 radical (unpaired) electrons. The summed E-state index contributed by atoms with van der Waals surface area (Å²) in [5.74, 6) is 0. The van der Waals surface area contributed by atoms with Gasteiger partial charge in [0.2, 0.25) is 0 Å². The smallest absolute Gasteiger partial charge is 0.105 e. The second-order valence-electron chi connectivity index (χ2n) is 8.19. The molecule has 0 aliphatic carbocycles. The predicted molar refractivity (Wildman–Crippen MR) is 117 cm³/mol. The topological polar surface area (TPSA) is 15.3 Å². The number of thiophene rings is 1. The van der Waals surface area contributed by atoms with Gasteiger partial charge < -0.3 is 0 Å². The van der Waals surface area contributed by atoms with Crippen LogP contribution in [0.5, 0.6) is 0 Å². The Hall–Kier alpha value is -2.52. The second-order valence-corrected chi connectivity index (χ2v) is 9.17. The SMILES string of the molecule is Cc1cccc(N2NC(c3ccc(C(C)(C)C)cc3)=CC2c2cccs2)c1. The lowest BCUT2D eigenvalue weighted by Gasteiger charge is -2.27. The van der Waals surface area contributed by atoms with E-state index >= 15 is 0 Å². The largest absolute Gasteiger partial charge is 0.297 e. The lowest BCUT2D eigenvalue weighted by atomic mass is 9.86. The molecule has 3 heteroatoms. The number of hydrogen-bond acceptors (Lipinski definition) is 3. The summed E-state index contributed by atoms with van der Waals surface area (Å²) < 4.78 is 0. The Kier molecular flexibility index (Phi) is 4.56. The van der Waals surface area contributed by atoms with Crippen molar-refractivity contribution in [3.8, 4) is 0 Å². The Morgan fingerprint density at radius 1 is 0.963 bits per heavy atom. The normalized spacial score (nSPS) is 17.0. The number of anilines is 1. The van der Waals surface area contributed by atoms with Gasteiger partial charge in [-0.2, -0.15) is 0 Å². The molecule has 138 valence electrons. The summed E-state index contributed by atoms with van der Waals surface area (Å²) in [6.45, 7) is 8.89. The Morgan fingerprint density at radius 3 is 2.37 bits per heavy atom. The summed E-state index contributed by atoms with van der Waals surface area (Å²) in [6.07, 6.45) is 2.33. The first-order chi connectivity index (χ1) is 12.9. The van der Waals surface area contributed by atoms with E-state index in [9.17, 15) is 0 Å². The number of hydrogen-bond donors (Lipinski definition) is 1. The third-order valence-electron chi connectivity index (χ3n) is 5.02. The molecule has 0 bridgehead atoms. The van der Waals surface area contributed by atoms with Gasteiger partial charge in [0.05, 0.1) is 11.4 Å². The van der Waals surface area contributed by atoms with Gasteiger partial charge in [-0.1, -0.05) is 63.2 Å². The molecule has 1 aliphatic rings. The highest BCUT2D eigenvalue weighted by Gasteiger charge is 2.28. The van der Waals surface area contributed by atoms with Gasteiger partial charge in [-0.15, -0.1) is 11.3 Å². The van der Waals surface area contributed by atoms with Crippen LogP contribution >= 0.6 is 11.3 Å². The highest BCUT2D eigenvalue weighted by molar-refractivity contribution is 7.10. The number of rotatable bonds is 3. The molecule has 2 heterocycles. The van der Waals surface area contributed by atoms with Crippen molar-refractivity contribution < 1.29 is 0 Å². The van der Waals surface area contributed by atoms with E-state index < -0.39 is 0 Å². The molecule has 0 amide bonds. The average Bonchev–Trinajstić information content (AvgIpc) is 3.31. The summed E-state index contributed by atoms with van der Waals surface area (Å²) in [7, 11) is 0. The van der Waals surface area contributed by atoms with Crippen molar-refractivity contribution in [1.82, 2.24) is 5.43 Å². The third kappa shape index (κ3) is 3.65. The van der Waals surface area contributed by atoms with E-state index in [-0.39, 0.29) is 11.5 Å². The summed E-state index contributed by atoms with van der Waals surface area (Å²) >= 11 is 1.80. The van der Waals surface area contributed by atoms with Crippen LogP contribution in [-0.4, -0.2) is 0 Å². The Morgan fingerprint density at radius 2 is 1.74 bits per heavy atom. The van der Waals surface area contributed by atoms with Gasteiger partial charge in [0.1, 0.15) is 6.04 Å². The molecule has 1 aromatic heterocycles. The summed E-state index contributed by atoms with van der Waals surface area (Å²) in [5, 5.41) is 4.42. The molecular weight excluding hydrogens is 348 g/mol. The van der Waals surface area contributed by atoms with E-state index in [4.69, 9.17) is 0 Å². The highest BCUT2D eigenvalue weighted by Crippen LogP contribution is 2.37. The van der Waals surface area contributed by atoms with Crippen LogP contribution in [0.3, 0.4) is 0 Å². The summed E-state index contributed by atoms with van der Waals surface area (Å²) in [5.41, 5.74) is 10.0. The summed E-state index contributed by atoms with van der Waals surface area (Å²) in [4.78, 5) is 1.34. The van der Waals surface area contributed by atoms with Crippen molar-refractivity contribution in [1.29, 1.82) is 0 Å². The van der Waals surface area contributed by atoms with Gasteiger partial charge in [-0.25, -0.2) is 0 Å². The molecule has 3 aromatic rings. The van der Waals surface area contributed by atoms with E-state index in [0.717, 1.165) is 5.70 Å². The number of nitrogens with zero attached hydrogens (tertiary/aromatic N) is 1. The molecule has 1 aliphatic heterocycles. The molecular formula is C24H26N2S. The van der Waals surface area contributed by atoms with Gasteiger partial charge in [0.15, 0.2) is 0 Å². The van der Waals surface area contributed by atoms with Crippen molar-refractivity contribution in [2.24, 2.45) is 0 Å². The van der Waals surface area contributed by atoms with Crippen molar-refractivity contribution in [2.45, 2.75) is 39.2 Å². The molecule has 2 nitrogen and oxygen atoms in total. The molecule has 1 N–H and O–H groups in total. The minimum absolute atomic E-state index is 0.170. The zero-order chi connectivity index (χ0) is 19.0. The van der Waals surface area contributed by atoms with Crippen molar-refractivity contribution in [3.05, 3.63) is 93.7 Å². The van der Waals surface area contributed by atoms with Crippen LogP contribution in [0.25, 0.3) is 5.70 Å². The van der Waals surface area contributed by atoms with Gasteiger partial charge in [0.25, 0.3) is 0 Å². The fourth-order valence-corrected chi connectivity index (χ4v) is 4.24. The minimum atomic E-state index is 0.170. The lowest BCUT2D eigenvalue weighted by Crippen LogP contribution is -2.33. The first-order valence-corrected chi connectivity index (χ1v) is 10.3. The minimum Gasteiger partial charge on any atom is -0.297 e. The van der Waals surface area contributed by atoms with Crippen molar-refractivity contribution in [3.63, 3.8) is 0 Å². The van der Waals surface area contributed by atoms with Crippen LogP contribution in [0.15, 0.2) is 72.1 Å². The molecule has 0 saturated heterocycles. The predicted octanol–water partition coefficient (Wildman–Crippen LogP) is 6.46. The fraction of sp³-hybridized carbons (Fsp3) is 0.250. The van der Waals surface area contributed by atoms with Crippen LogP contribution in [-0.2, 0) is 5.41 Å². The van der Waals surface area contributed by atoms with Crippen molar-refractivity contribution >= 4 is 22.7 Å². The van der Waals surface area contributed by atoms with Crippen LogP contribution in [0.4, 0.5) is 5.69 Å². The lowest BCUT2D eigenvalue weighted by molar-refractivity contribution is 0.590. The van der Waals surface area contributed by atoms with E-state index in [1.807, 2.05) is 0 Å². The van der Waals surface area contributed by atoms with Crippen LogP contribution in [0.2, 0.25) is 0 Å². The zero-order valence-electron chi connectivity index (χ0n) is 16.4. The van der Waals surface area contributed by atoms with Crippen LogP contribution in [0, 0.1) is 6.92 Å². The van der Waals surface area contributed by atoms with E-state index in [1.54, 1.807) is 11.3 Å². The van der Waals surface area contributed by atoms with E-state index in [0.29, 0.717) is 0 Å². The van der Waals surface area contributed by atoms with Crippen LogP contribution in [0.1, 0.15) is 48.4 Å². The molecule has 0 saturated carbocycles. The molecule has 1 unspecified atom stereocenters. The molecule has 1 atom stereocenters. The maximum Gasteiger partial charge on any atom is 0.105 e.